The maximum absolute atomic E-state index is 13.1. The number of rotatable bonds is 5. The standard InChI is InChI=1S/C22H22N2O3S/c1-17-9-7-13-20(15-17)24(3)28(26,27)21-14-8-10-18(16-21)22(25)23(2)19-11-5-4-6-12-19/h4-16H,1-3H3. The van der Waals surface area contributed by atoms with E-state index in [0.717, 1.165) is 11.3 Å². The average molecular weight is 394 g/mol. The van der Waals surface area contributed by atoms with Crippen LogP contribution in [-0.4, -0.2) is 28.4 Å². The van der Waals surface area contributed by atoms with Crippen molar-refractivity contribution in [2.45, 2.75) is 11.8 Å². The zero-order valence-electron chi connectivity index (χ0n) is 16.0. The van der Waals surface area contributed by atoms with Crippen LogP contribution in [0.15, 0.2) is 83.8 Å². The van der Waals surface area contributed by atoms with Gasteiger partial charge in [-0.25, -0.2) is 8.42 Å². The zero-order chi connectivity index (χ0) is 20.3. The fourth-order valence-corrected chi connectivity index (χ4v) is 4.11. The summed E-state index contributed by atoms with van der Waals surface area (Å²) in [5.41, 5.74) is 2.58. The van der Waals surface area contributed by atoms with Crippen LogP contribution >= 0.6 is 0 Å². The predicted octanol–water partition coefficient (Wildman–Crippen LogP) is 4.10. The molecule has 28 heavy (non-hydrogen) atoms. The second kappa shape index (κ2) is 7.86. The highest BCUT2D eigenvalue weighted by Crippen LogP contribution is 2.24. The van der Waals surface area contributed by atoms with Crippen LogP contribution in [0, 0.1) is 6.92 Å². The Balaban J connectivity index is 1.93. The number of anilines is 2. The lowest BCUT2D eigenvalue weighted by molar-refractivity contribution is 0.0993. The van der Waals surface area contributed by atoms with Crippen LogP contribution in [0.3, 0.4) is 0 Å². The molecule has 6 heteroatoms. The molecule has 0 heterocycles. The number of amides is 1. The van der Waals surface area contributed by atoms with Crippen LogP contribution in [-0.2, 0) is 10.0 Å². The van der Waals surface area contributed by atoms with Gasteiger partial charge in [0.15, 0.2) is 0 Å². The molecule has 144 valence electrons. The number of carbonyl (C=O) groups excluding carboxylic acids is 1. The summed E-state index contributed by atoms with van der Waals surface area (Å²) in [6.45, 7) is 1.91. The maximum Gasteiger partial charge on any atom is 0.264 e. The highest BCUT2D eigenvalue weighted by Gasteiger charge is 2.23. The molecule has 0 radical (unpaired) electrons. The topological polar surface area (TPSA) is 57.7 Å². The number of nitrogens with zero attached hydrogens (tertiary/aromatic N) is 2. The second-order valence-electron chi connectivity index (χ2n) is 6.54. The van der Waals surface area contributed by atoms with Gasteiger partial charge in [-0.15, -0.1) is 0 Å². The van der Waals surface area contributed by atoms with Crippen molar-refractivity contribution < 1.29 is 13.2 Å². The van der Waals surface area contributed by atoms with E-state index >= 15 is 0 Å². The van der Waals surface area contributed by atoms with E-state index in [-0.39, 0.29) is 10.8 Å². The Morgan fingerprint density at radius 1 is 0.786 bits per heavy atom. The second-order valence-corrected chi connectivity index (χ2v) is 8.51. The third kappa shape index (κ3) is 3.92. The van der Waals surface area contributed by atoms with Crippen LogP contribution in [0.25, 0.3) is 0 Å². The molecule has 0 saturated carbocycles. The molecule has 0 fully saturated rings. The van der Waals surface area contributed by atoms with Crippen molar-refractivity contribution in [2.75, 3.05) is 23.3 Å². The molecule has 0 aromatic heterocycles. The van der Waals surface area contributed by atoms with Gasteiger partial charge in [0.1, 0.15) is 0 Å². The molecule has 3 aromatic rings. The predicted molar refractivity (Wildman–Crippen MR) is 112 cm³/mol. The molecule has 5 nitrogen and oxygen atoms in total. The average Bonchev–Trinajstić information content (AvgIpc) is 2.72. The molecule has 0 aliphatic carbocycles. The van der Waals surface area contributed by atoms with E-state index in [0.29, 0.717) is 11.3 Å². The molecule has 0 aliphatic rings. The SMILES string of the molecule is Cc1cccc(N(C)S(=O)(=O)c2cccc(C(=O)N(C)c3ccccc3)c2)c1. The fraction of sp³-hybridized carbons (Fsp3) is 0.136. The van der Waals surface area contributed by atoms with Gasteiger partial charge in [0, 0.05) is 25.3 Å². The Morgan fingerprint density at radius 2 is 1.43 bits per heavy atom. The van der Waals surface area contributed by atoms with Crippen LogP contribution < -0.4 is 9.21 Å². The number of benzene rings is 3. The minimum atomic E-state index is -3.79. The van der Waals surface area contributed by atoms with Gasteiger partial charge in [0.05, 0.1) is 10.6 Å². The van der Waals surface area contributed by atoms with Gasteiger partial charge in [0.2, 0.25) is 0 Å². The van der Waals surface area contributed by atoms with Crippen molar-refractivity contribution in [1.29, 1.82) is 0 Å². The highest BCUT2D eigenvalue weighted by atomic mass is 32.2. The van der Waals surface area contributed by atoms with E-state index in [9.17, 15) is 13.2 Å². The summed E-state index contributed by atoms with van der Waals surface area (Å²) in [5, 5.41) is 0. The van der Waals surface area contributed by atoms with Crippen LogP contribution in [0.5, 0.6) is 0 Å². The number of carbonyl (C=O) groups is 1. The largest absolute Gasteiger partial charge is 0.311 e. The fourth-order valence-electron chi connectivity index (χ4n) is 2.87. The van der Waals surface area contributed by atoms with Crippen molar-refractivity contribution in [3.8, 4) is 0 Å². The number of hydrogen-bond acceptors (Lipinski definition) is 3. The van der Waals surface area contributed by atoms with Crippen LogP contribution in [0.1, 0.15) is 15.9 Å². The zero-order valence-corrected chi connectivity index (χ0v) is 16.8. The molecule has 0 atom stereocenters. The first-order chi connectivity index (χ1) is 13.3. The number of sulfonamides is 1. The van der Waals surface area contributed by atoms with Crippen molar-refractivity contribution in [2.24, 2.45) is 0 Å². The van der Waals surface area contributed by atoms with Gasteiger partial charge in [-0.3, -0.25) is 9.10 Å². The summed E-state index contributed by atoms with van der Waals surface area (Å²) in [7, 11) is -0.620. The quantitative estimate of drug-likeness (QED) is 0.655. The Morgan fingerprint density at radius 3 is 2.11 bits per heavy atom. The van der Waals surface area contributed by atoms with Crippen LogP contribution in [0.4, 0.5) is 11.4 Å². The first kappa shape index (κ1) is 19.6. The van der Waals surface area contributed by atoms with Crippen molar-refractivity contribution in [1.82, 2.24) is 0 Å². The lowest BCUT2D eigenvalue weighted by Crippen LogP contribution is -2.28. The molecule has 0 N–H and O–H groups in total. The minimum absolute atomic E-state index is 0.0730. The summed E-state index contributed by atoms with van der Waals surface area (Å²) < 4.78 is 27.3. The minimum Gasteiger partial charge on any atom is -0.311 e. The van der Waals surface area contributed by atoms with Gasteiger partial charge in [-0.2, -0.15) is 0 Å². The number of hydrogen-bond donors (Lipinski definition) is 0. The Hall–Kier alpha value is -3.12. The van der Waals surface area contributed by atoms with Crippen molar-refractivity contribution >= 4 is 27.3 Å². The monoisotopic (exact) mass is 394 g/mol. The van der Waals surface area contributed by atoms with E-state index in [4.69, 9.17) is 0 Å². The van der Waals surface area contributed by atoms with Gasteiger partial charge in [-0.1, -0.05) is 36.4 Å². The summed E-state index contributed by atoms with van der Waals surface area (Å²) in [6, 6.07) is 22.6. The third-order valence-corrected chi connectivity index (χ3v) is 6.33. The van der Waals surface area contributed by atoms with E-state index < -0.39 is 10.0 Å². The van der Waals surface area contributed by atoms with Crippen molar-refractivity contribution in [3.05, 3.63) is 90.0 Å². The van der Waals surface area contributed by atoms with Gasteiger partial charge in [-0.05, 0) is 55.0 Å². The van der Waals surface area contributed by atoms with E-state index in [2.05, 4.69) is 0 Å². The third-order valence-electron chi connectivity index (χ3n) is 4.55. The van der Waals surface area contributed by atoms with E-state index in [1.165, 1.54) is 28.4 Å². The number of para-hydroxylation sites is 1. The Kier molecular flexibility index (Phi) is 5.51. The van der Waals surface area contributed by atoms with E-state index in [1.54, 1.807) is 31.3 Å². The van der Waals surface area contributed by atoms with Crippen LogP contribution in [0.2, 0.25) is 0 Å². The smallest absolute Gasteiger partial charge is 0.264 e. The van der Waals surface area contributed by atoms with Gasteiger partial charge < -0.3 is 4.90 Å². The van der Waals surface area contributed by atoms with Gasteiger partial charge >= 0.3 is 0 Å². The molecule has 1 amide bonds. The van der Waals surface area contributed by atoms with Gasteiger partial charge in [0.25, 0.3) is 15.9 Å². The molecular formula is C22H22N2O3S. The molecule has 0 bridgehead atoms. The summed E-state index contributed by atoms with van der Waals surface area (Å²) in [5.74, 6) is -0.276. The molecule has 0 unspecified atom stereocenters. The first-order valence-corrected chi connectivity index (χ1v) is 10.2. The normalized spacial score (nSPS) is 11.1. The highest BCUT2D eigenvalue weighted by molar-refractivity contribution is 7.92. The molecule has 3 rings (SSSR count). The maximum atomic E-state index is 13.1. The molecule has 0 spiro atoms. The summed E-state index contributed by atoms with van der Waals surface area (Å²) in [4.78, 5) is 14.4. The number of aryl methyl sites for hydroxylation is 1. The Labute approximate surface area is 165 Å². The molecule has 0 aliphatic heterocycles. The molecule has 0 saturated heterocycles. The first-order valence-electron chi connectivity index (χ1n) is 8.79. The Bertz CT molecular complexity index is 1100. The van der Waals surface area contributed by atoms with Crippen molar-refractivity contribution in [3.63, 3.8) is 0 Å². The lowest BCUT2D eigenvalue weighted by atomic mass is 10.2. The molecule has 3 aromatic carbocycles. The summed E-state index contributed by atoms with van der Waals surface area (Å²) >= 11 is 0. The summed E-state index contributed by atoms with van der Waals surface area (Å²) in [6.07, 6.45) is 0. The molecular weight excluding hydrogens is 372 g/mol. The lowest BCUT2D eigenvalue weighted by Gasteiger charge is -2.21. The van der Waals surface area contributed by atoms with E-state index in [1.807, 2.05) is 49.4 Å².